The number of esters is 1. The standard InChI is InChI=1S/C20H26NO2/c1-16(15-21(2,3)4)23-20(22)19(17-11-7-5-8-12-17)18-13-9-6-10-14-18/h5-14,16,19H,15H2,1-4H3/q+1/t16-/m0/s1. The van der Waals surface area contributed by atoms with Crippen LogP contribution in [0.4, 0.5) is 0 Å². The van der Waals surface area contributed by atoms with E-state index in [1.165, 1.54) is 0 Å². The lowest BCUT2D eigenvalue weighted by atomic mass is 9.91. The molecular formula is C20H26NO2+. The minimum Gasteiger partial charge on any atom is -0.456 e. The van der Waals surface area contributed by atoms with E-state index in [9.17, 15) is 4.79 Å². The molecule has 122 valence electrons. The van der Waals surface area contributed by atoms with Crippen LogP contribution in [-0.4, -0.2) is 44.2 Å². The number of benzene rings is 2. The molecule has 0 heterocycles. The summed E-state index contributed by atoms with van der Waals surface area (Å²) in [6.07, 6.45) is -0.127. The number of hydrogen-bond acceptors (Lipinski definition) is 2. The molecule has 0 radical (unpaired) electrons. The second-order valence-corrected chi connectivity index (χ2v) is 6.97. The average molecular weight is 312 g/mol. The quantitative estimate of drug-likeness (QED) is 0.603. The molecule has 2 aromatic carbocycles. The maximum Gasteiger partial charge on any atom is 0.318 e. The highest BCUT2D eigenvalue weighted by atomic mass is 16.5. The summed E-state index contributed by atoms with van der Waals surface area (Å²) in [6.45, 7) is 2.73. The average Bonchev–Trinajstić information content (AvgIpc) is 2.47. The van der Waals surface area contributed by atoms with Gasteiger partial charge < -0.3 is 9.22 Å². The zero-order valence-electron chi connectivity index (χ0n) is 14.4. The molecule has 3 nitrogen and oxygen atoms in total. The summed E-state index contributed by atoms with van der Waals surface area (Å²) in [7, 11) is 6.28. The molecule has 0 amide bonds. The Balaban J connectivity index is 2.23. The summed E-state index contributed by atoms with van der Waals surface area (Å²) < 4.78 is 6.50. The van der Waals surface area contributed by atoms with E-state index in [1.807, 2.05) is 67.6 Å². The molecule has 0 N–H and O–H groups in total. The first-order valence-corrected chi connectivity index (χ1v) is 7.97. The maximum absolute atomic E-state index is 12.8. The van der Waals surface area contributed by atoms with Gasteiger partial charge in [-0.3, -0.25) is 4.79 Å². The van der Waals surface area contributed by atoms with Crippen LogP contribution in [0.5, 0.6) is 0 Å². The van der Waals surface area contributed by atoms with Crippen molar-refractivity contribution >= 4 is 5.97 Å². The number of quaternary nitrogens is 1. The molecule has 23 heavy (non-hydrogen) atoms. The second kappa shape index (κ2) is 7.42. The molecule has 0 spiro atoms. The summed E-state index contributed by atoms with van der Waals surface area (Å²) in [5, 5.41) is 0. The van der Waals surface area contributed by atoms with Gasteiger partial charge in [0, 0.05) is 0 Å². The molecule has 0 unspecified atom stereocenters. The van der Waals surface area contributed by atoms with E-state index in [2.05, 4.69) is 21.1 Å². The highest BCUT2D eigenvalue weighted by Crippen LogP contribution is 2.26. The van der Waals surface area contributed by atoms with E-state index < -0.39 is 0 Å². The Hall–Kier alpha value is -2.13. The van der Waals surface area contributed by atoms with Crippen molar-refractivity contribution in [3.8, 4) is 0 Å². The van der Waals surface area contributed by atoms with E-state index in [-0.39, 0.29) is 18.0 Å². The maximum atomic E-state index is 12.8. The predicted molar refractivity (Wildman–Crippen MR) is 93.2 cm³/mol. The van der Waals surface area contributed by atoms with Gasteiger partial charge in [0.15, 0.2) is 0 Å². The summed E-state index contributed by atoms with van der Waals surface area (Å²) in [4.78, 5) is 12.8. The molecule has 2 aromatic rings. The van der Waals surface area contributed by atoms with Crippen molar-refractivity contribution in [1.29, 1.82) is 0 Å². The van der Waals surface area contributed by atoms with Crippen LogP contribution in [-0.2, 0) is 9.53 Å². The monoisotopic (exact) mass is 312 g/mol. The molecule has 2 rings (SSSR count). The Morgan fingerprint density at radius 2 is 1.35 bits per heavy atom. The highest BCUT2D eigenvalue weighted by molar-refractivity contribution is 5.82. The van der Waals surface area contributed by atoms with Crippen LogP contribution in [0.15, 0.2) is 60.7 Å². The fourth-order valence-electron chi connectivity index (χ4n) is 2.83. The normalized spacial score (nSPS) is 12.9. The van der Waals surface area contributed by atoms with Crippen LogP contribution in [0.25, 0.3) is 0 Å². The number of carbonyl (C=O) groups is 1. The van der Waals surface area contributed by atoms with E-state index >= 15 is 0 Å². The topological polar surface area (TPSA) is 26.3 Å². The Morgan fingerprint density at radius 3 is 1.74 bits per heavy atom. The zero-order chi connectivity index (χ0) is 16.9. The first-order valence-electron chi connectivity index (χ1n) is 7.97. The minimum absolute atomic E-state index is 0.127. The van der Waals surface area contributed by atoms with Crippen LogP contribution < -0.4 is 0 Å². The molecule has 0 aliphatic carbocycles. The van der Waals surface area contributed by atoms with Gasteiger partial charge in [-0.15, -0.1) is 0 Å². The van der Waals surface area contributed by atoms with E-state index in [0.29, 0.717) is 0 Å². The molecule has 3 heteroatoms. The summed E-state index contributed by atoms with van der Waals surface area (Å²) >= 11 is 0. The largest absolute Gasteiger partial charge is 0.456 e. The Labute approximate surface area is 139 Å². The zero-order valence-corrected chi connectivity index (χ0v) is 14.4. The number of ether oxygens (including phenoxy) is 1. The van der Waals surface area contributed by atoms with Crippen LogP contribution >= 0.6 is 0 Å². The van der Waals surface area contributed by atoms with Gasteiger partial charge in [0.25, 0.3) is 0 Å². The Bertz CT molecular complexity index is 578. The molecule has 0 saturated carbocycles. The molecule has 0 fully saturated rings. The molecular weight excluding hydrogens is 286 g/mol. The highest BCUT2D eigenvalue weighted by Gasteiger charge is 2.27. The number of likely N-dealkylation sites (N-methyl/N-ethyl adjacent to an activating group) is 1. The molecule has 0 aliphatic rings. The van der Waals surface area contributed by atoms with Gasteiger partial charge in [0.1, 0.15) is 18.6 Å². The van der Waals surface area contributed by atoms with Gasteiger partial charge in [-0.2, -0.15) is 0 Å². The first kappa shape index (κ1) is 17.2. The van der Waals surface area contributed by atoms with Crippen molar-refractivity contribution < 1.29 is 14.0 Å². The third-order valence-corrected chi connectivity index (χ3v) is 3.62. The number of nitrogens with zero attached hydrogens (tertiary/aromatic N) is 1. The molecule has 0 bridgehead atoms. The van der Waals surface area contributed by atoms with E-state index in [0.717, 1.165) is 22.2 Å². The fourth-order valence-corrected chi connectivity index (χ4v) is 2.83. The molecule has 0 aliphatic heterocycles. The van der Waals surface area contributed by atoms with Crippen molar-refractivity contribution in [2.75, 3.05) is 27.7 Å². The molecule has 0 aromatic heterocycles. The van der Waals surface area contributed by atoms with Crippen molar-refractivity contribution in [1.82, 2.24) is 0 Å². The third-order valence-electron chi connectivity index (χ3n) is 3.62. The van der Waals surface area contributed by atoms with Crippen molar-refractivity contribution in [2.45, 2.75) is 18.9 Å². The van der Waals surface area contributed by atoms with Gasteiger partial charge in [-0.05, 0) is 18.1 Å². The summed E-state index contributed by atoms with van der Waals surface area (Å²) in [6, 6.07) is 19.6. The smallest absolute Gasteiger partial charge is 0.318 e. The number of hydrogen-bond donors (Lipinski definition) is 0. The minimum atomic E-state index is -0.382. The Morgan fingerprint density at radius 1 is 0.913 bits per heavy atom. The lowest BCUT2D eigenvalue weighted by molar-refractivity contribution is -0.873. The number of carbonyl (C=O) groups excluding carboxylic acids is 1. The van der Waals surface area contributed by atoms with Crippen LogP contribution in [0.2, 0.25) is 0 Å². The van der Waals surface area contributed by atoms with Crippen LogP contribution in [0, 0.1) is 0 Å². The van der Waals surface area contributed by atoms with Crippen LogP contribution in [0.3, 0.4) is 0 Å². The van der Waals surface area contributed by atoms with Crippen LogP contribution in [0.1, 0.15) is 24.0 Å². The third kappa shape index (κ3) is 5.22. The number of rotatable bonds is 6. The summed E-state index contributed by atoms with van der Waals surface area (Å²) in [5.74, 6) is -0.573. The lowest BCUT2D eigenvalue weighted by Gasteiger charge is -2.28. The summed E-state index contributed by atoms with van der Waals surface area (Å²) in [5.41, 5.74) is 1.92. The Kier molecular flexibility index (Phi) is 5.56. The van der Waals surface area contributed by atoms with Crippen molar-refractivity contribution in [3.05, 3.63) is 71.8 Å². The van der Waals surface area contributed by atoms with Gasteiger partial charge in [0.2, 0.25) is 0 Å². The fraction of sp³-hybridized carbons (Fsp3) is 0.350. The lowest BCUT2D eigenvalue weighted by Crippen LogP contribution is -2.42. The van der Waals surface area contributed by atoms with E-state index in [4.69, 9.17) is 4.74 Å². The first-order chi connectivity index (χ1) is 10.9. The van der Waals surface area contributed by atoms with Gasteiger partial charge in [-0.25, -0.2) is 0 Å². The van der Waals surface area contributed by atoms with Gasteiger partial charge in [0.05, 0.1) is 21.1 Å². The van der Waals surface area contributed by atoms with Gasteiger partial charge >= 0.3 is 5.97 Å². The van der Waals surface area contributed by atoms with Crippen molar-refractivity contribution in [3.63, 3.8) is 0 Å². The second-order valence-electron chi connectivity index (χ2n) is 6.97. The molecule has 1 atom stereocenters. The predicted octanol–water partition coefficient (Wildman–Crippen LogP) is 3.46. The van der Waals surface area contributed by atoms with Gasteiger partial charge in [-0.1, -0.05) is 60.7 Å². The molecule has 0 saturated heterocycles. The van der Waals surface area contributed by atoms with Crippen molar-refractivity contribution in [2.24, 2.45) is 0 Å². The van der Waals surface area contributed by atoms with E-state index in [1.54, 1.807) is 0 Å². The SMILES string of the molecule is C[C@@H](C[N+](C)(C)C)OC(=O)C(c1ccccc1)c1ccccc1.